The van der Waals surface area contributed by atoms with E-state index >= 15 is 0 Å². The van der Waals surface area contributed by atoms with Gasteiger partial charge in [-0.25, -0.2) is 0 Å². The molecule has 4 rings (SSSR count). The number of ether oxygens (including phenoxy) is 2. The van der Waals surface area contributed by atoms with Crippen molar-refractivity contribution in [3.05, 3.63) is 89.5 Å². The minimum absolute atomic E-state index is 0.00350. The lowest BCUT2D eigenvalue weighted by molar-refractivity contribution is -0.149. The molecule has 3 aromatic rings. The Morgan fingerprint density at radius 2 is 1.29 bits per heavy atom. The number of Topliss-reactive ketones (excluding diaryl/α,β-unsaturated/α-hetero) is 2. The highest BCUT2D eigenvalue weighted by Crippen LogP contribution is 2.45. The Morgan fingerprint density at radius 3 is 1.84 bits per heavy atom. The maximum Gasteiger partial charge on any atom is 0.308 e. The van der Waals surface area contributed by atoms with Crippen LogP contribution in [-0.4, -0.2) is 23.5 Å². The van der Waals surface area contributed by atoms with Crippen LogP contribution in [-0.2, 0) is 19.9 Å². The van der Waals surface area contributed by atoms with Gasteiger partial charge in [0.05, 0.1) is 5.56 Å². The van der Waals surface area contributed by atoms with E-state index in [0.29, 0.717) is 5.56 Å². The smallest absolute Gasteiger partial charge is 0.308 e. The highest BCUT2D eigenvalue weighted by Gasteiger charge is 2.58. The summed E-state index contributed by atoms with van der Waals surface area (Å²) in [5.74, 6) is -2.83. The average molecular weight is 414 g/mol. The van der Waals surface area contributed by atoms with Crippen molar-refractivity contribution in [2.24, 2.45) is 0 Å². The van der Waals surface area contributed by atoms with Gasteiger partial charge in [0.25, 0.3) is 5.60 Å². The summed E-state index contributed by atoms with van der Waals surface area (Å²) in [7, 11) is 0. The number of carbonyl (C=O) groups excluding carboxylic acids is 4. The van der Waals surface area contributed by atoms with E-state index in [4.69, 9.17) is 9.47 Å². The number of carbonyl (C=O) groups is 4. The molecular formula is C25H18O6. The van der Waals surface area contributed by atoms with Crippen molar-refractivity contribution in [2.75, 3.05) is 0 Å². The monoisotopic (exact) mass is 414 g/mol. The van der Waals surface area contributed by atoms with Crippen molar-refractivity contribution < 1.29 is 28.7 Å². The molecule has 0 atom stereocenters. The van der Waals surface area contributed by atoms with Crippen molar-refractivity contribution in [1.29, 1.82) is 0 Å². The van der Waals surface area contributed by atoms with E-state index in [9.17, 15) is 19.2 Å². The molecule has 0 spiro atoms. The number of hydrogen-bond donors (Lipinski definition) is 0. The van der Waals surface area contributed by atoms with Crippen LogP contribution in [0.4, 0.5) is 0 Å². The van der Waals surface area contributed by atoms with Crippen LogP contribution in [0.3, 0.4) is 0 Å². The summed E-state index contributed by atoms with van der Waals surface area (Å²) in [6.07, 6.45) is 0. The van der Waals surface area contributed by atoms with Crippen molar-refractivity contribution in [3.63, 3.8) is 0 Å². The molecule has 6 heteroatoms. The molecular weight excluding hydrogens is 396 g/mol. The van der Waals surface area contributed by atoms with Gasteiger partial charge in [0, 0.05) is 25.0 Å². The number of esters is 2. The Labute approximate surface area is 178 Å². The topological polar surface area (TPSA) is 86.7 Å². The maximum absolute atomic E-state index is 13.4. The molecule has 0 heterocycles. The standard InChI is InChI=1S/C25H18O6/c1-15(26)30-22-14-18(17-8-4-3-5-9-17)12-13-21(22)25(31-16(2)27)23(28)19-10-6-7-11-20(19)24(25)29/h3-14H,1-2H3. The SMILES string of the molecule is CC(=O)Oc1cc(-c2ccccc2)ccc1C1(OC(C)=O)C(=O)c2ccccc2C1=O. The quantitative estimate of drug-likeness (QED) is 0.363. The summed E-state index contributed by atoms with van der Waals surface area (Å²) >= 11 is 0. The van der Waals surface area contributed by atoms with Crippen LogP contribution >= 0.6 is 0 Å². The van der Waals surface area contributed by atoms with Crippen molar-refractivity contribution >= 4 is 23.5 Å². The van der Waals surface area contributed by atoms with Gasteiger partial charge in [0.2, 0.25) is 11.6 Å². The van der Waals surface area contributed by atoms with Crippen LogP contribution in [0, 0.1) is 0 Å². The maximum atomic E-state index is 13.4. The van der Waals surface area contributed by atoms with E-state index in [1.54, 1.807) is 24.3 Å². The second-order valence-corrected chi connectivity index (χ2v) is 7.15. The van der Waals surface area contributed by atoms with E-state index in [-0.39, 0.29) is 22.4 Å². The van der Waals surface area contributed by atoms with E-state index in [0.717, 1.165) is 12.5 Å². The first kappa shape index (κ1) is 20.2. The molecule has 0 saturated carbocycles. The van der Waals surface area contributed by atoms with Gasteiger partial charge in [-0.05, 0) is 23.3 Å². The molecule has 6 nitrogen and oxygen atoms in total. The van der Waals surface area contributed by atoms with E-state index < -0.39 is 29.1 Å². The molecule has 0 radical (unpaired) electrons. The lowest BCUT2D eigenvalue weighted by atomic mass is 9.86. The van der Waals surface area contributed by atoms with Crippen LogP contribution in [0.25, 0.3) is 11.1 Å². The molecule has 3 aromatic carbocycles. The van der Waals surface area contributed by atoms with Gasteiger partial charge in [0.1, 0.15) is 5.75 Å². The third kappa shape index (κ3) is 3.32. The van der Waals surface area contributed by atoms with Gasteiger partial charge in [-0.15, -0.1) is 0 Å². The van der Waals surface area contributed by atoms with Crippen LogP contribution in [0.1, 0.15) is 40.1 Å². The minimum atomic E-state index is -2.25. The van der Waals surface area contributed by atoms with Crippen molar-refractivity contribution in [1.82, 2.24) is 0 Å². The zero-order valence-electron chi connectivity index (χ0n) is 16.9. The second kappa shape index (κ2) is 7.65. The van der Waals surface area contributed by atoms with E-state index in [1.807, 2.05) is 30.3 Å². The summed E-state index contributed by atoms with van der Waals surface area (Å²) in [4.78, 5) is 50.7. The Bertz CT molecular complexity index is 1190. The fraction of sp³-hybridized carbons (Fsp3) is 0.120. The fourth-order valence-corrected chi connectivity index (χ4v) is 3.83. The normalized spacial score (nSPS) is 14.1. The number of rotatable bonds is 4. The minimum Gasteiger partial charge on any atom is -0.437 e. The molecule has 0 fully saturated rings. The number of ketones is 2. The van der Waals surface area contributed by atoms with Crippen LogP contribution < -0.4 is 4.74 Å². The van der Waals surface area contributed by atoms with Crippen molar-refractivity contribution in [2.45, 2.75) is 19.4 Å². The summed E-state index contributed by atoms with van der Waals surface area (Å²) in [6.45, 7) is 2.33. The second-order valence-electron chi connectivity index (χ2n) is 7.15. The molecule has 0 aliphatic heterocycles. The molecule has 0 N–H and O–H groups in total. The average Bonchev–Trinajstić information content (AvgIpc) is 2.96. The molecule has 1 aliphatic carbocycles. The predicted octanol–water partition coefficient (Wildman–Crippen LogP) is 4.12. The Kier molecular flexibility index (Phi) is 4.99. The number of fused-ring (bicyclic) bond motifs is 1. The first-order valence-corrected chi connectivity index (χ1v) is 9.61. The zero-order chi connectivity index (χ0) is 22.2. The highest BCUT2D eigenvalue weighted by atomic mass is 16.6. The fourth-order valence-electron chi connectivity index (χ4n) is 3.83. The summed E-state index contributed by atoms with van der Waals surface area (Å²) in [5, 5.41) is 0. The van der Waals surface area contributed by atoms with Gasteiger partial charge in [-0.2, -0.15) is 0 Å². The molecule has 1 aliphatic rings. The molecule has 154 valence electrons. The number of benzene rings is 3. The zero-order valence-corrected chi connectivity index (χ0v) is 16.9. The molecule has 0 saturated heterocycles. The Balaban J connectivity index is 1.96. The lowest BCUT2D eigenvalue weighted by Gasteiger charge is -2.27. The largest absolute Gasteiger partial charge is 0.437 e. The first-order valence-electron chi connectivity index (χ1n) is 9.61. The molecule has 0 unspecified atom stereocenters. The summed E-state index contributed by atoms with van der Waals surface area (Å²) < 4.78 is 10.8. The van der Waals surface area contributed by atoms with Crippen LogP contribution in [0.15, 0.2) is 72.8 Å². The highest BCUT2D eigenvalue weighted by molar-refractivity contribution is 6.32. The molecule has 31 heavy (non-hydrogen) atoms. The van der Waals surface area contributed by atoms with Gasteiger partial charge in [-0.1, -0.05) is 60.7 Å². The Hall–Kier alpha value is -4.06. The molecule has 0 aromatic heterocycles. The third-order valence-electron chi connectivity index (χ3n) is 5.07. The van der Waals surface area contributed by atoms with E-state index in [2.05, 4.69) is 0 Å². The van der Waals surface area contributed by atoms with Gasteiger partial charge in [-0.3, -0.25) is 19.2 Å². The van der Waals surface area contributed by atoms with Gasteiger partial charge in [0.15, 0.2) is 0 Å². The summed E-state index contributed by atoms with van der Waals surface area (Å²) in [6, 6.07) is 20.3. The third-order valence-corrected chi connectivity index (χ3v) is 5.07. The lowest BCUT2D eigenvalue weighted by Crippen LogP contribution is -2.43. The van der Waals surface area contributed by atoms with Gasteiger partial charge < -0.3 is 9.47 Å². The van der Waals surface area contributed by atoms with Gasteiger partial charge >= 0.3 is 11.9 Å². The summed E-state index contributed by atoms with van der Waals surface area (Å²) in [5.41, 5.74) is -0.409. The van der Waals surface area contributed by atoms with E-state index in [1.165, 1.54) is 25.1 Å². The Morgan fingerprint density at radius 1 is 0.710 bits per heavy atom. The molecule has 0 bridgehead atoms. The predicted molar refractivity (Wildman–Crippen MR) is 112 cm³/mol. The van der Waals surface area contributed by atoms with Crippen LogP contribution in [0.2, 0.25) is 0 Å². The first-order chi connectivity index (χ1) is 14.8. The van der Waals surface area contributed by atoms with Crippen molar-refractivity contribution in [3.8, 4) is 16.9 Å². The number of hydrogen-bond acceptors (Lipinski definition) is 6. The molecule has 0 amide bonds. The van der Waals surface area contributed by atoms with Crippen LogP contribution in [0.5, 0.6) is 5.75 Å².